The molecule has 0 aliphatic rings. The Bertz CT molecular complexity index is 254. The molecule has 0 bridgehead atoms. The average molecular weight is 331 g/mol. The van der Waals surface area contributed by atoms with Gasteiger partial charge in [-0.2, -0.15) is 0 Å². The maximum atomic E-state index is 12.3. The third-order valence-corrected chi connectivity index (χ3v) is 8.51. The minimum atomic E-state index is -1.77. The van der Waals surface area contributed by atoms with Crippen molar-refractivity contribution in [3.63, 3.8) is 0 Å². The van der Waals surface area contributed by atoms with Crippen molar-refractivity contribution < 1.29 is 4.57 Å². The molecule has 0 N–H and O–H groups in total. The van der Waals surface area contributed by atoms with Crippen LogP contribution in [0.1, 0.15) is 111 Å². The number of rotatable bonds is 17. The summed E-state index contributed by atoms with van der Waals surface area (Å²) in [7, 11) is -1.77. The molecule has 0 unspecified atom stereocenters. The zero-order chi connectivity index (χ0) is 16.5. The SMILES string of the molecule is CCCCCCCCCCCCCCCCP(=O)(CC)CC. The molecule has 0 aromatic heterocycles. The summed E-state index contributed by atoms with van der Waals surface area (Å²) in [6, 6.07) is 0. The summed E-state index contributed by atoms with van der Waals surface area (Å²) in [5.74, 6) is 0. The molecule has 22 heavy (non-hydrogen) atoms. The predicted molar refractivity (Wildman–Crippen MR) is 104 cm³/mol. The molecule has 0 aromatic carbocycles. The fourth-order valence-electron chi connectivity index (χ4n) is 3.13. The van der Waals surface area contributed by atoms with Crippen LogP contribution in [-0.4, -0.2) is 18.5 Å². The van der Waals surface area contributed by atoms with Gasteiger partial charge in [0.05, 0.1) is 7.14 Å². The van der Waals surface area contributed by atoms with E-state index in [1.165, 1.54) is 89.9 Å². The second kappa shape index (κ2) is 16.1. The van der Waals surface area contributed by atoms with E-state index in [4.69, 9.17) is 0 Å². The first kappa shape index (κ1) is 22.2. The van der Waals surface area contributed by atoms with E-state index in [9.17, 15) is 4.57 Å². The van der Waals surface area contributed by atoms with E-state index >= 15 is 0 Å². The van der Waals surface area contributed by atoms with Crippen molar-refractivity contribution in [2.75, 3.05) is 18.5 Å². The van der Waals surface area contributed by atoms with E-state index in [0.717, 1.165) is 18.5 Å². The van der Waals surface area contributed by atoms with E-state index in [1.54, 1.807) is 0 Å². The molecule has 0 saturated heterocycles. The Morgan fingerprint density at radius 2 is 0.818 bits per heavy atom. The van der Waals surface area contributed by atoms with E-state index in [2.05, 4.69) is 20.8 Å². The first-order valence-corrected chi connectivity index (χ1v) is 12.5. The summed E-state index contributed by atoms with van der Waals surface area (Å²) in [5, 5.41) is 0. The first-order valence-electron chi connectivity index (χ1n) is 10.3. The maximum Gasteiger partial charge on any atom is 0.0872 e. The molecule has 0 aliphatic heterocycles. The van der Waals surface area contributed by atoms with Gasteiger partial charge in [-0.05, 0) is 18.7 Å². The lowest BCUT2D eigenvalue weighted by atomic mass is 10.0. The summed E-state index contributed by atoms with van der Waals surface area (Å²) in [6.45, 7) is 6.47. The molecule has 2 heteroatoms. The standard InChI is InChI=1S/C20H43OP/c1-4-7-8-9-10-11-12-13-14-15-16-17-18-19-20-22(21,5-2)6-3/h4-20H2,1-3H3. The van der Waals surface area contributed by atoms with Gasteiger partial charge in [0.2, 0.25) is 0 Å². The number of hydrogen-bond donors (Lipinski definition) is 0. The highest BCUT2D eigenvalue weighted by molar-refractivity contribution is 7.63. The third-order valence-electron chi connectivity index (χ3n) is 5.07. The van der Waals surface area contributed by atoms with Gasteiger partial charge in [0, 0.05) is 6.16 Å². The second-order valence-corrected chi connectivity index (χ2v) is 10.8. The first-order chi connectivity index (χ1) is 10.7. The summed E-state index contributed by atoms with van der Waals surface area (Å²) >= 11 is 0. The molecule has 0 rings (SSSR count). The molecule has 0 fully saturated rings. The van der Waals surface area contributed by atoms with Crippen LogP contribution in [0.4, 0.5) is 0 Å². The zero-order valence-electron chi connectivity index (χ0n) is 15.9. The Labute approximate surface area is 141 Å². The van der Waals surface area contributed by atoms with Crippen LogP contribution in [-0.2, 0) is 4.57 Å². The number of unbranched alkanes of at least 4 members (excludes halogenated alkanes) is 13. The van der Waals surface area contributed by atoms with Gasteiger partial charge in [-0.25, -0.2) is 0 Å². The Hall–Kier alpha value is 0.230. The Balaban J connectivity index is 3.16. The Morgan fingerprint density at radius 3 is 1.14 bits per heavy atom. The van der Waals surface area contributed by atoms with Gasteiger partial charge in [-0.3, -0.25) is 0 Å². The summed E-state index contributed by atoms with van der Waals surface area (Å²) in [4.78, 5) is 0. The number of hydrogen-bond acceptors (Lipinski definition) is 1. The monoisotopic (exact) mass is 330 g/mol. The van der Waals surface area contributed by atoms with Crippen LogP contribution in [0.15, 0.2) is 0 Å². The van der Waals surface area contributed by atoms with E-state index in [-0.39, 0.29) is 0 Å². The molecule has 0 radical (unpaired) electrons. The molecule has 0 atom stereocenters. The average Bonchev–Trinajstić information content (AvgIpc) is 2.55. The van der Waals surface area contributed by atoms with Gasteiger partial charge in [-0.1, -0.05) is 104 Å². The van der Waals surface area contributed by atoms with Crippen molar-refractivity contribution >= 4 is 7.14 Å². The molecule has 1 nitrogen and oxygen atoms in total. The van der Waals surface area contributed by atoms with Crippen molar-refractivity contribution in [2.24, 2.45) is 0 Å². The van der Waals surface area contributed by atoms with Crippen LogP contribution in [0.5, 0.6) is 0 Å². The van der Waals surface area contributed by atoms with Crippen molar-refractivity contribution in [2.45, 2.75) is 111 Å². The lowest BCUT2D eigenvalue weighted by Crippen LogP contribution is -1.95. The molecular formula is C20H43OP. The van der Waals surface area contributed by atoms with Crippen LogP contribution in [0.3, 0.4) is 0 Å². The van der Waals surface area contributed by atoms with E-state index in [0.29, 0.717) is 0 Å². The van der Waals surface area contributed by atoms with Crippen LogP contribution in [0, 0.1) is 0 Å². The summed E-state index contributed by atoms with van der Waals surface area (Å²) in [5.41, 5.74) is 0. The van der Waals surface area contributed by atoms with Gasteiger partial charge in [0.25, 0.3) is 0 Å². The van der Waals surface area contributed by atoms with E-state index in [1.807, 2.05) is 0 Å². The van der Waals surface area contributed by atoms with Crippen molar-refractivity contribution in [1.29, 1.82) is 0 Å². The Kier molecular flexibility index (Phi) is 16.3. The molecule has 0 aliphatic carbocycles. The third kappa shape index (κ3) is 13.9. The van der Waals surface area contributed by atoms with Crippen LogP contribution in [0.25, 0.3) is 0 Å². The molecule has 134 valence electrons. The van der Waals surface area contributed by atoms with Gasteiger partial charge in [0.15, 0.2) is 0 Å². The van der Waals surface area contributed by atoms with Gasteiger partial charge < -0.3 is 4.57 Å². The minimum absolute atomic E-state index is 0.905. The lowest BCUT2D eigenvalue weighted by Gasteiger charge is -2.13. The highest BCUT2D eigenvalue weighted by atomic mass is 31.2. The molecule has 0 saturated carbocycles. The molecule has 0 amide bonds. The fourth-order valence-corrected chi connectivity index (χ4v) is 5.01. The van der Waals surface area contributed by atoms with Gasteiger partial charge in [-0.15, -0.1) is 0 Å². The normalized spacial score (nSPS) is 12.0. The summed E-state index contributed by atoms with van der Waals surface area (Å²) in [6.07, 6.45) is 22.3. The predicted octanol–water partition coefficient (Wildman–Crippen LogP) is 7.87. The zero-order valence-corrected chi connectivity index (χ0v) is 16.8. The molecule has 0 aromatic rings. The topological polar surface area (TPSA) is 17.1 Å². The van der Waals surface area contributed by atoms with Crippen LogP contribution >= 0.6 is 7.14 Å². The quantitative estimate of drug-likeness (QED) is 0.196. The lowest BCUT2D eigenvalue weighted by molar-refractivity contribution is 0.537. The van der Waals surface area contributed by atoms with Crippen molar-refractivity contribution in [3.05, 3.63) is 0 Å². The largest absolute Gasteiger partial charge is 0.324 e. The van der Waals surface area contributed by atoms with Gasteiger partial charge >= 0.3 is 0 Å². The highest BCUT2D eigenvalue weighted by Crippen LogP contribution is 2.45. The van der Waals surface area contributed by atoms with Crippen molar-refractivity contribution in [1.82, 2.24) is 0 Å². The molecule has 0 spiro atoms. The summed E-state index contributed by atoms with van der Waals surface area (Å²) < 4.78 is 12.3. The smallest absolute Gasteiger partial charge is 0.0872 e. The maximum absolute atomic E-state index is 12.3. The van der Waals surface area contributed by atoms with Crippen LogP contribution < -0.4 is 0 Å². The molecular weight excluding hydrogens is 287 g/mol. The molecule has 0 heterocycles. The minimum Gasteiger partial charge on any atom is -0.324 e. The second-order valence-electron chi connectivity index (χ2n) is 7.01. The van der Waals surface area contributed by atoms with Gasteiger partial charge in [0.1, 0.15) is 0 Å². The van der Waals surface area contributed by atoms with E-state index < -0.39 is 7.14 Å². The highest BCUT2D eigenvalue weighted by Gasteiger charge is 2.15. The fraction of sp³-hybridized carbons (Fsp3) is 1.00. The van der Waals surface area contributed by atoms with Crippen molar-refractivity contribution in [3.8, 4) is 0 Å². The Morgan fingerprint density at radius 1 is 0.500 bits per heavy atom. The van der Waals surface area contributed by atoms with Crippen LogP contribution in [0.2, 0.25) is 0 Å².